The van der Waals surface area contributed by atoms with E-state index >= 15 is 0 Å². The molecule has 22 heavy (non-hydrogen) atoms. The highest BCUT2D eigenvalue weighted by Gasteiger charge is 2.23. The molecule has 0 saturated carbocycles. The fourth-order valence-corrected chi connectivity index (χ4v) is 4.18. The SMILES string of the molecule is CCCCc1ccc(S(=O)(=O)NC2CCN(CC)CC2)cc1. The highest BCUT2D eigenvalue weighted by atomic mass is 32.2. The molecule has 0 aliphatic carbocycles. The number of aryl methyl sites for hydroxylation is 1. The third-order valence-corrected chi connectivity index (χ3v) is 5.95. The second-order valence-corrected chi connectivity index (χ2v) is 7.79. The summed E-state index contributed by atoms with van der Waals surface area (Å²) in [7, 11) is -3.39. The van der Waals surface area contributed by atoms with Gasteiger partial charge in [0.25, 0.3) is 0 Å². The second-order valence-electron chi connectivity index (χ2n) is 6.08. The van der Waals surface area contributed by atoms with E-state index in [4.69, 9.17) is 0 Å². The van der Waals surface area contributed by atoms with Gasteiger partial charge in [0.2, 0.25) is 10.0 Å². The fraction of sp³-hybridized carbons (Fsp3) is 0.647. The molecule has 0 radical (unpaired) electrons. The fourth-order valence-electron chi connectivity index (χ4n) is 2.87. The van der Waals surface area contributed by atoms with Crippen molar-refractivity contribution in [1.82, 2.24) is 9.62 Å². The van der Waals surface area contributed by atoms with E-state index in [2.05, 4.69) is 23.5 Å². The van der Waals surface area contributed by atoms with Crippen LogP contribution in [0.2, 0.25) is 0 Å². The van der Waals surface area contributed by atoms with Crippen LogP contribution in [0, 0.1) is 0 Å². The molecule has 0 atom stereocenters. The van der Waals surface area contributed by atoms with Gasteiger partial charge >= 0.3 is 0 Å². The van der Waals surface area contributed by atoms with Crippen molar-refractivity contribution in [3.63, 3.8) is 0 Å². The largest absolute Gasteiger partial charge is 0.303 e. The molecule has 1 aliphatic rings. The summed E-state index contributed by atoms with van der Waals surface area (Å²) < 4.78 is 27.8. The molecular weight excluding hydrogens is 296 g/mol. The second kappa shape index (κ2) is 8.09. The molecule has 0 bridgehead atoms. The van der Waals surface area contributed by atoms with Gasteiger partial charge in [-0.05, 0) is 63.0 Å². The molecule has 1 fully saturated rings. The summed E-state index contributed by atoms with van der Waals surface area (Å²) in [5, 5.41) is 0. The van der Waals surface area contributed by atoms with E-state index in [1.54, 1.807) is 12.1 Å². The summed E-state index contributed by atoms with van der Waals surface area (Å²) in [6.45, 7) is 7.29. The maximum atomic E-state index is 12.5. The van der Waals surface area contributed by atoms with Crippen LogP contribution in [0.1, 0.15) is 45.1 Å². The van der Waals surface area contributed by atoms with E-state index in [0.29, 0.717) is 4.90 Å². The monoisotopic (exact) mass is 324 g/mol. The molecule has 2 rings (SSSR count). The molecule has 0 unspecified atom stereocenters. The highest BCUT2D eigenvalue weighted by Crippen LogP contribution is 2.16. The number of sulfonamides is 1. The van der Waals surface area contributed by atoms with Crippen molar-refractivity contribution >= 4 is 10.0 Å². The van der Waals surface area contributed by atoms with E-state index in [1.807, 2.05) is 12.1 Å². The van der Waals surface area contributed by atoms with Gasteiger partial charge in [0.15, 0.2) is 0 Å². The van der Waals surface area contributed by atoms with Gasteiger partial charge in [0.1, 0.15) is 0 Å². The predicted molar refractivity (Wildman–Crippen MR) is 90.5 cm³/mol. The zero-order chi connectivity index (χ0) is 16.0. The van der Waals surface area contributed by atoms with Crippen LogP contribution in [-0.4, -0.2) is 39.0 Å². The number of likely N-dealkylation sites (tertiary alicyclic amines) is 1. The van der Waals surface area contributed by atoms with Crippen molar-refractivity contribution in [3.8, 4) is 0 Å². The Kier molecular flexibility index (Phi) is 6.41. The zero-order valence-corrected chi connectivity index (χ0v) is 14.5. The molecule has 0 amide bonds. The van der Waals surface area contributed by atoms with Gasteiger partial charge < -0.3 is 4.90 Å². The summed E-state index contributed by atoms with van der Waals surface area (Å²) >= 11 is 0. The van der Waals surface area contributed by atoms with Crippen molar-refractivity contribution in [3.05, 3.63) is 29.8 Å². The number of hydrogen-bond acceptors (Lipinski definition) is 3. The molecule has 1 N–H and O–H groups in total. The minimum absolute atomic E-state index is 0.0626. The van der Waals surface area contributed by atoms with Gasteiger partial charge in [0, 0.05) is 6.04 Å². The number of unbranched alkanes of at least 4 members (excludes halogenated alkanes) is 1. The van der Waals surface area contributed by atoms with Crippen LogP contribution >= 0.6 is 0 Å². The molecule has 1 aromatic rings. The van der Waals surface area contributed by atoms with Crippen molar-refractivity contribution in [2.45, 2.75) is 56.9 Å². The number of nitrogens with one attached hydrogen (secondary N) is 1. The first kappa shape index (κ1) is 17.4. The lowest BCUT2D eigenvalue weighted by atomic mass is 10.1. The summed E-state index contributed by atoms with van der Waals surface area (Å²) in [5.41, 5.74) is 1.21. The maximum Gasteiger partial charge on any atom is 0.240 e. The first-order valence-corrected chi connectivity index (χ1v) is 9.87. The number of benzene rings is 1. The van der Waals surface area contributed by atoms with E-state index in [0.717, 1.165) is 51.7 Å². The molecule has 1 heterocycles. The number of nitrogens with zero attached hydrogens (tertiary/aromatic N) is 1. The van der Waals surface area contributed by atoms with E-state index in [1.165, 1.54) is 5.56 Å². The average Bonchev–Trinajstić information content (AvgIpc) is 2.53. The number of rotatable bonds is 7. The first-order valence-electron chi connectivity index (χ1n) is 8.38. The van der Waals surface area contributed by atoms with Crippen LogP contribution in [0.5, 0.6) is 0 Å². The Morgan fingerprint density at radius 3 is 2.32 bits per heavy atom. The quantitative estimate of drug-likeness (QED) is 0.839. The lowest BCUT2D eigenvalue weighted by molar-refractivity contribution is 0.217. The zero-order valence-electron chi connectivity index (χ0n) is 13.7. The molecule has 1 aliphatic heterocycles. The van der Waals surface area contributed by atoms with Crippen LogP contribution in [-0.2, 0) is 16.4 Å². The Morgan fingerprint density at radius 1 is 1.14 bits per heavy atom. The molecule has 124 valence electrons. The van der Waals surface area contributed by atoms with Gasteiger partial charge in [-0.15, -0.1) is 0 Å². The van der Waals surface area contributed by atoms with Crippen molar-refractivity contribution in [2.75, 3.05) is 19.6 Å². The van der Waals surface area contributed by atoms with Crippen molar-refractivity contribution in [2.24, 2.45) is 0 Å². The van der Waals surface area contributed by atoms with Crippen LogP contribution in [0.4, 0.5) is 0 Å². The van der Waals surface area contributed by atoms with Gasteiger partial charge in [0.05, 0.1) is 4.90 Å². The van der Waals surface area contributed by atoms with E-state index in [-0.39, 0.29) is 6.04 Å². The normalized spacial score (nSPS) is 17.7. The third kappa shape index (κ3) is 4.80. The molecule has 1 saturated heterocycles. The standard InChI is InChI=1S/C17H28N2O2S/c1-3-5-6-15-7-9-17(10-8-15)22(20,21)18-16-11-13-19(4-2)14-12-16/h7-10,16,18H,3-6,11-14H2,1-2H3. The lowest BCUT2D eigenvalue weighted by Crippen LogP contribution is -2.44. The van der Waals surface area contributed by atoms with Crippen molar-refractivity contribution in [1.29, 1.82) is 0 Å². The Labute approximate surface area is 135 Å². The Hall–Kier alpha value is -0.910. The molecular formula is C17H28N2O2S. The maximum absolute atomic E-state index is 12.5. The van der Waals surface area contributed by atoms with Gasteiger partial charge in [-0.25, -0.2) is 13.1 Å². The minimum atomic E-state index is -3.39. The molecule has 4 nitrogen and oxygen atoms in total. The summed E-state index contributed by atoms with van der Waals surface area (Å²) in [4.78, 5) is 2.73. The molecule has 5 heteroatoms. The highest BCUT2D eigenvalue weighted by molar-refractivity contribution is 7.89. The molecule has 0 spiro atoms. The van der Waals surface area contributed by atoms with Crippen molar-refractivity contribution < 1.29 is 8.42 Å². The number of hydrogen-bond donors (Lipinski definition) is 1. The first-order chi connectivity index (χ1) is 10.5. The summed E-state index contributed by atoms with van der Waals surface area (Å²) in [6.07, 6.45) is 5.08. The summed E-state index contributed by atoms with van der Waals surface area (Å²) in [5.74, 6) is 0. The van der Waals surface area contributed by atoms with Crippen LogP contribution < -0.4 is 4.72 Å². The third-order valence-electron chi connectivity index (χ3n) is 4.41. The van der Waals surface area contributed by atoms with E-state index in [9.17, 15) is 8.42 Å². The van der Waals surface area contributed by atoms with Crippen LogP contribution in [0.3, 0.4) is 0 Å². The topological polar surface area (TPSA) is 49.4 Å². The Bertz CT molecular complexity index is 547. The predicted octanol–water partition coefficient (Wildman–Crippen LogP) is 2.79. The van der Waals surface area contributed by atoms with Gasteiger partial charge in [-0.1, -0.05) is 32.4 Å². The van der Waals surface area contributed by atoms with Gasteiger partial charge in [-0.2, -0.15) is 0 Å². The van der Waals surface area contributed by atoms with Crippen LogP contribution in [0.15, 0.2) is 29.2 Å². The minimum Gasteiger partial charge on any atom is -0.303 e. The smallest absolute Gasteiger partial charge is 0.240 e. The average molecular weight is 324 g/mol. The summed E-state index contributed by atoms with van der Waals surface area (Å²) in [6, 6.07) is 7.39. The van der Waals surface area contributed by atoms with E-state index < -0.39 is 10.0 Å². The Balaban J connectivity index is 1.95. The lowest BCUT2D eigenvalue weighted by Gasteiger charge is -2.31. The Morgan fingerprint density at radius 2 is 1.77 bits per heavy atom. The molecule has 0 aromatic heterocycles. The number of piperidine rings is 1. The van der Waals surface area contributed by atoms with Gasteiger partial charge in [-0.3, -0.25) is 0 Å². The van der Waals surface area contributed by atoms with Crippen LogP contribution in [0.25, 0.3) is 0 Å². The molecule has 1 aromatic carbocycles.